The van der Waals surface area contributed by atoms with Crippen LogP contribution < -0.4 is 27.0 Å². The molecular formula is C23H32N8. The zero-order valence-corrected chi connectivity index (χ0v) is 18.3. The summed E-state index contributed by atoms with van der Waals surface area (Å²) >= 11 is 0. The Labute approximate surface area is 183 Å². The lowest BCUT2D eigenvalue weighted by atomic mass is 9.93. The summed E-state index contributed by atoms with van der Waals surface area (Å²) in [5.41, 5.74) is 10.7. The van der Waals surface area contributed by atoms with E-state index in [1.165, 1.54) is 12.6 Å². The second-order valence-electron chi connectivity index (χ2n) is 8.02. The van der Waals surface area contributed by atoms with Crippen molar-refractivity contribution in [1.29, 1.82) is 10.8 Å². The predicted molar refractivity (Wildman–Crippen MR) is 128 cm³/mol. The fourth-order valence-electron chi connectivity index (χ4n) is 3.29. The van der Waals surface area contributed by atoms with Crippen LogP contribution in [0, 0.1) is 16.7 Å². The fourth-order valence-corrected chi connectivity index (χ4v) is 3.29. The van der Waals surface area contributed by atoms with Crippen LogP contribution in [0.4, 0.5) is 0 Å². The van der Waals surface area contributed by atoms with Crippen LogP contribution in [-0.2, 0) is 0 Å². The lowest BCUT2D eigenvalue weighted by Gasteiger charge is -2.26. The van der Waals surface area contributed by atoms with Gasteiger partial charge in [-0.3, -0.25) is 10.4 Å². The van der Waals surface area contributed by atoms with Gasteiger partial charge in [-0.15, -0.1) is 0 Å². The summed E-state index contributed by atoms with van der Waals surface area (Å²) in [6.45, 7) is 4.00. The molecule has 31 heavy (non-hydrogen) atoms. The molecular weight excluding hydrogens is 388 g/mol. The van der Waals surface area contributed by atoms with Crippen LogP contribution in [-0.4, -0.2) is 31.0 Å². The van der Waals surface area contributed by atoms with Gasteiger partial charge in [0.15, 0.2) is 0 Å². The van der Waals surface area contributed by atoms with E-state index in [0.717, 1.165) is 41.0 Å². The number of nitrogens with two attached hydrogens (primary N) is 1. The van der Waals surface area contributed by atoms with Crippen LogP contribution in [0.15, 0.2) is 75.6 Å². The minimum Gasteiger partial charge on any atom is -0.393 e. The summed E-state index contributed by atoms with van der Waals surface area (Å²) in [4.78, 5) is 4.66. The maximum atomic E-state index is 8.20. The first-order valence-corrected chi connectivity index (χ1v) is 10.6. The summed E-state index contributed by atoms with van der Waals surface area (Å²) in [6.07, 6.45) is 16.0. The Hall–Kier alpha value is -3.55. The van der Waals surface area contributed by atoms with E-state index < -0.39 is 0 Å². The SMILES string of the molecule is CN/C=C(/C1=CNC2=CC=C(NC(=N)C=C(C=N)C(C)C)NC2=C1)C(N)=NC1CCC1. The molecule has 0 amide bonds. The Kier molecular flexibility index (Phi) is 7.12. The summed E-state index contributed by atoms with van der Waals surface area (Å²) in [5.74, 6) is 1.61. The van der Waals surface area contributed by atoms with E-state index in [2.05, 4.69) is 26.3 Å². The van der Waals surface area contributed by atoms with E-state index >= 15 is 0 Å². The van der Waals surface area contributed by atoms with Crippen molar-refractivity contribution < 1.29 is 0 Å². The molecule has 1 fully saturated rings. The molecule has 3 aliphatic rings. The standard InChI is InChI=1S/C23H32N8/c1-14(2)15(11-24)10-21(25)31-22-8-7-19-20(30-22)9-16(12-28-19)18(13-27-3)23(26)29-17-5-4-6-17/h7-14,17,24,27-28,30H,4-6H2,1-3H3,(H2,25,31)(H2,26,29)/b15-10?,18-13-,24-11?. The van der Waals surface area contributed by atoms with Gasteiger partial charge < -0.3 is 32.4 Å². The zero-order chi connectivity index (χ0) is 22.4. The van der Waals surface area contributed by atoms with Crippen LogP contribution >= 0.6 is 0 Å². The number of amidine groups is 2. The molecule has 0 unspecified atom stereocenters. The fraction of sp³-hybridized carbons (Fsp3) is 0.348. The lowest BCUT2D eigenvalue weighted by Crippen LogP contribution is -2.35. The molecule has 8 heteroatoms. The summed E-state index contributed by atoms with van der Waals surface area (Å²) in [6, 6.07) is 0.322. The number of nitrogens with zero attached hydrogens (tertiary/aromatic N) is 1. The number of fused-ring (bicyclic) bond motifs is 1. The molecule has 0 saturated heterocycles. The van der Waals surface area contributed by atoms with Gasteiger partial charge in [-0.1, -0.05) is 13.8 Å². The molecule has 0 atom stereocenters. The molecule has 0 aromatic rings. The summed E-state index contributed by atoms with van der Waals surface area (Å²) in [7, 11) is 1.84. The molecule has 0 aromatic carbocycles. The molecule has 8 nitrogen and oxygen atoms in total. The molecule has 2 heterocycles. The van der Waals surface area contributed by atoms with Crippen LogP contribution in [0.3, 0.4) is 0 Å². The largest absolute Gasteiger partial charge is 0.393 e. The van der Waals surface area contributed by atoms with Crippen molar-refractivity contribution in [2.45, 2.75) is 39.2 Å². The Bertz CT molecular complexity index is 952. The van der Waals surface area contributed by atoms with Gasteiger partial charge >= 0.3 is 0 Å². The smallest absolute Gasteiger partial charge is 0.128 e. The van der Waals surface area contributed by atoms with E-state index in [1.807, 2.05) is 51.5 Å². The highest BCUT2D eigenvalue weighted by atomic mass is 15.1. The number of nitrogens with one attached hydrogen (secondary N) is 6. The highest BCUT2D eigenvalue weighted by Gasteiger charge is 2.21. The van der Waals surface area contributed by atoms with E-state index in [1.54, 1.807) is 6.08 Å². The highest BCUT2D eigenvalue weighted by molar-refractivity contribution is 6.02. The lowest BCUT2D eigenvalue weighted by molar-refractivity contribution is 0.420. The zero-order valence-electron chi connectivity index (χ0n) is 18.3. The van der Waals surface area contributed by atoms with Gasteiger partial charge in [-0.25, -0.2) is 0 Å². The average molecular weight is 421 g/mol. The first-order valence-electron chi connectivity index (χ1n) is 10.6. The van der Waals surface area contributed by atoms with Gasteiger partial charge in [-0.2, -0.15) is 0 Å². The van der Waals surface area contributed by atoms with E-state index in [-0.39, 0.29) is 11.8 Å². The van der Waals surface area contributed by atoms with E-state index in [4.69, 9.17) is 16.6 Å². The number of hydrogen-bond donors (Lipinski definition) is 7. The van der Waals surface area contributed by atoms with Gasteiger partial charge in [0.25, 0.3) is 0 Å². The second-order valence-corrected chi connectivity index (χ2v) is 8.02. The van der Waals surface area contributed by atoms with Gasteiger partial charge in [0.1, 0.15) is 17.5 Å². The summed E-state index contributed by atoms with van der Waals surface area (Å²) < 4.78 is 0. The van der Waals surface area contributed by atoms with Crippen molar-refractivity contribution in [3.63, 3.8) is 0 Å². The Morgan fingerprint density at radius 3 is 2.68 bits per heavy atom. The third-order valence-corrected chi connectivity index (χ3v) is 5.34. The van der Waals surface area contributed by atoms with Gasteiger partial charge in [-0.05, 0) is 55.1 Å². The van der Waals surface area contributed by atoms with Crippen molar-refractivity contribution in [3.05, 3.63) is 70.6 Å². The summed E-state index contributed by atoms with van der Waals surface area (Å²) in [5, 5.41) is 28.4. The Morgan fingerprint density at radius 2 is 2.06 bits per heavy atom. The van der Waals surface area contributed by atoms with Crippen molar-refractivity contribution >= 4 is 17.9 Å². The van der Waals surface area contributed by atoms with E-state index in [9.17, 15) is 0 Å². The number of rotatable bonds is 8. The van der Waals surface area contributed by atoms with Crippen molar-refractivity contribution in [1.82, 2.24) is 21.3 Å². The monoisotopic (exact) mass is 420 g/mol. The molecule has 164 valence electrons. The first-order chi connectivity index (χ1) is 14.9. The number of dihydropyridines is 2. The molecule has 0 bridgehead atoms. The number of hydrogen-bond acceptors (Lipinski definition) is 6. The minimum absolute atomic E-state index is 0.182. The van der Waals surface area contributed by atoms with E-state index in [0.29, 0.717) is 17.7 Å². The van der Waals surface area contributed by atoms with Crippen molar-refractivity contribution in [3.8, 4) is 0 Å². The third-order valence-electron chi connectivity index (χ3n) is 5.34. The van der Waals surface area contributed by atoms with Gasteiger partial charge in [0.05, 0.1) is 17.4 Å². The van der Waals surface area contributed by atoms with Crippen molar-refractivity contribution in [2.24, 2.45) is 16.6 Å². The first kappa shape index (κ1) is 22.1. The number of allylic oxidation sites excluding steroid dienone is 4. The number of aliphatic imine (C=N–C) groups is 1. The molecule has 0 spiro atoms. The molecule has 1 aliphatic carbocycles. The average Bonchev–Trinajstić information content (AvgIpc) is 2.72. The predicted octanol–water partition coefficient (Wildman–Crippen LogP) is 2.50. The van der Waals surface area contributed by atoms with Crippen molar-refractivity contribution in [2.75, 3.05) is 7.05 Å². The molecule has 0 radical (unpaired) electrons. The van der Waals surface area contributed by atoms with Crippen LogP contribution in [0.25, 0.3) is 0 Å². The molecule has 0 aromatic heterocycles. The highest BCUT2D eigenvalue weighted by Crippen LogP contribution is 2.25. The molecule has 2 aliphatic heterocycles. The Morgan fingerprint density at radius 1 is 1.29 bits per heavy atom. The third kappa shape index (κ3) is 5.53. The molecule has 1 saturated carbocycles. The van der Waals surface area contributed by atoms with Gasteiger partial charge in [0, 0.05) is 36.8 Å². The normalized spacial score (nSPS) is 19.5. The van der Waals surface area contributed by atoms with Crippen LogP contribution in [0.2, 0.25) is 0 Å². The topological polar surface area (TPSA) is 134 Å². The van der Waals surface area contributed by atoms with Crippen LogP contribution in [0.5, 0.6) is 0 Å². The van der Waals surface area contributed by atoms with Crippen LogP contribution in [0.1, 0.15) is 33.1 Å². The maximum Gasteiger partial charge on any atom is 0.128 e. The quantitative estimate of drug-likeness (QED) is 0.239. The molecule has 8 N–H and O–H groups in total. The minimum atomic E-state index is 0.182. The maximum absolute atomic E-state index is 8.20. The van der Waals surface area contributed by atoms with Gasteiger partial charge in [0.2, 0.25) is 0 Å². The molecule has 3 rings (SSSR count). The Balaban J connectivity index is 1.74. The second kappa shape index (κ2) is 9.97.